The first-order valence-electron chi connectivity index (χ1n) is 11.8. The maximum Gasteiger partial charge on any atom is 0.261 e. The van der Waals surface area contributed by atoms with Gasteiger partial charge in [0.05, 0.1) is 6.04 Å². The van der Waals surface area contributed by atoms with E-state index in [0.29, 0.717) is 25.1 Å². The number of benzene rings is 2. The van der Waals surface area contributed by atoms with Gasteiger partial charge in [0, 0.05) is 19.0 Å². The number of rotatable bonds is 8. The first-order chi connectivity index (χ1) is 15.7. The third kappa shape index (κ3) is 6.12. The summed E-state index contributed by atoms with van der Waals surface area (Å²) in [6.07, 6.45) is 1.07. The summed E-state index contributed by atoms with van der Waals surface area (Å²) in [7, 11) is 0. The van der Waals surface area contributed by atoms with E-state index in [-0.39, 0.29) is 29.6 Å². The molecule has 2 aromatic carbocycles. The highest BCUT2D eigenvalue weighted by atomic mass is 19.1. The second-order valence-corrected chi connectivity index (χ2v) is 9.43. The summed E-state index contributed by atoms with van der Waals surface area (Å²) >= 11 is 0. The Balaban J connectivity index is 1.99. The molecule has 33 heavy (non-hydrogen) atoms. The molecule has 0 spiro atoms. The lowest BCUT2D eigenvalue weighted by atomic mass is 9.87. The second-order valence-electron chi connectivity index (χ2n) is 9.43. The fourth-order valence-electron chi connectivity index (χ4n) is 4.30. The van der Waals surface area contributed by atoms with Crippen molar-refractivity contribution in [3.63, 3.8) is 0 Å². The second kappa shape index (κ2) is 10.8. The third-order valence-electron chi connectivity index (χ3n) is 5.79. The molecule has 0 aliphatic carbocycles. The lowest BCUT2D eigenvalue weighted by molar-refractivity contribution is -0.134. The van der Waals surface area contributed by atoms with E-state index in [4.69, 9.17) is 4.74 Å². The number of hydrogen-bond donors (Lipinski definition) is 1. The van der Waals surface area contributed by atoms with Crippen molar-refractivity contribution in [3.8, 4) is 5.75 Å². The average molecular weight is 455 g/mol. The van der Waals surface area contributed by atoms with Crippen molar-refractivity contribution in [3.05, 3.63) is 65.0 Å². The minimum atomic E-state index is -0.611. The van der Waals surface area contributed by atoms with Gasteiger partial charge in [-0.05, 0) is 73.6 Å². The number of amides is 2. The Morgan fingerprint density at radius 3 is 2.55 bits per heavy atom. The Morgan fingerprint density at radius 1 is 1.15 bits per heavy atom. The molecule has 1 aliphatic heterocycles. The van der Waals surface area contributed by atoms with E-state index in [9.17, 15) is 14.0 Å². The summed E-state index contributed by atoms with van der Waals surface area (Å²) in [4.78, 5) is 27.5. The van der Waals surface area contributed by atoms with Crippen molar-refractivity contribution in [2.24, 2.45) is 5.92 Å². The zero-order valence-corrected chi connectivity index (χ0v) is 20.2. The SMILES string of the molecule is CCC(Oc1ccc2c(c1)C(c1cccc(F)c1)N(C(=O)CC(C)C)CC2)C(=O)NC(C)C. The molecule has 0 bridgehead atoms. The van der Waals surface area contributed by atoms with Gasteiger partial charge >= 0.3 is 0 Å². The summed E-state index contributed by atoms with van der Waals surface area (Å²) in [6, 6.07) is 11.8. The molecule has 0 radical (unpaired) electrons. The van der Waals surface area contributed by atoms with Crippen LogP contribution in [0.2, 0.25) is 0 Å². The van der Waals surface area contributed by atoms with Gasteiger partial charge in [-0.1, -0.05) is 39.0 Å². The molecule has 0 saturated heterocycles. The zero-order chi connectivity index (χ0) is 24.1. The number of nitrogens with one attached hydrogen (secondary N) is 1. The Kier molecular flexibility index (Phi) is 8.11. The molecule has 0 saturated carbocycles. The number of halogens is 1. The third-order valence-corrected chi connectivity index (χ3v) is 5.79. The summed E-state index contributed by atoms with van der Waals surface area (Å²) in [5.74, 6) is 0.366. The maximum atomic E-state index is 14.2. The zero-order valence-electron chi connectivity index (χ0n) is 20.2. The maximum absolute atomic E-state index is 14.2. The predicted octanol–water partition coefficient (Wildman–Crippen LogP) is 5.03. The molecule has 2 amide bonds. The van der Waals surface area contributed by atoms with E-state index < -0.39 is 12.1 Å². The molecule has 2 unspecified atom stereocenters. The number of hydrogen-bond acceptors (Lipinski definition) is 3. The van der Waals surface area contributed by atoms with Crippen LogP contribution in [-0.2, 0) is 16.0 Å². The van der Waals surface area contributed by atoms with Gasteiger partial charge in [0.2, 0.25) is 5.91 Å². The Hall–Kier alpha value is -2.89. The molecule has 3 rings (SSSR count). The largest absolute Gasteiger partial charge is 0.481 e. The van der Waals surface area contributed by atoms with Crippen LogP contribution in [0.1, 0.15) is 70.2 Å². The van der Waals surface area contributed by atoms with Gasteiger partial charge in [0.1, 0.15) is 11.6 Å². The van der Waals surface area contributed by atoms with Crippen LogP contribution in [0.3, 0.4) is 0 Å². The molecule has 6 heteroatoms. The monoisotopic (exact) mass is 454 g/mol. The van der Waals surface area contributed by atoms with Gasteiger partial charge in [0.15, 0.2) is 6.10 Å². The lowest BCUT2D eigenvalue weighted by Gasteiger charge is -2.38. The highest BCUT2D eigenvalue weighted by Gasteiger charge is 2.33. The lowest BCUT2D eigenvalue weighted by Crippen LogP contribution is -2.42. The number of carbonyl (C=O) groups is 2. The number of nitrogens with zero attached hydrogens (tertiary/aromatic N) is 1. The summed E-state index contributed by atoms with van der Waals surface area (Å²) in [5.41, 5.74) is 2.75. The Morgan fingerprint density at radius 2 is 1.91 bits per heavy atom. The van der Waals surface area contributed by atoms with Crippen molar-refractivity contribution in [1.82, 2.24) is 10.2 Å². The van der Waals surface area contributed by atoms with Crippen LogP contribution in [0, 0.1) is 11.7 Å². The van der Waals surface area contributed by atoms with Crippen molar-refractivity contribution >= 4 is 11.8 Å². The molecule has 2 aromatic rings. The Bertz CT molecular complexity index is 989. The summed E-state index contributed by atoms with van der Waals surface area (Å²) < 4.78 is 20.2. The molecule has 1 aliphatic rings. The van der Waals surface area contributed by atoms with E-state index in [2.05, 4.69) is 5.32 Å². The predicted molar refractivity (Wildman–Crippen MR) is 128 cm³/mol. The van der Waals surface area contributed by atoms with E-state index >= 15 is 0 Å². The first-order valence-corrected chi connectivity index (χ1v) is 11.8. The number of carbonyl (C=O) groups excluding carboxylic acids is 2. The minimum absolute atomic E-state index is 0.0246. The van der Waals surface area contributed by atoms with Gasteiger partial charge < -0.3 is 15.0 Å². The fourth-order valence-corrected chi connectivity index (χ4v) is 4.30. The summed E-state index contributed by atoms with van der Waals surface area (Å²) in [6.45, 7) is 10.4. The van der Waals surface area contributed by atoms with Gasteiger partial charge in [-0.15, -0.1) is 0 Å². The van der Waals surface area contributed by atoms with Crippen LogP contribution in [-0.4, -0.2) is 35.4 Å². The van der Waals surface area contributed by atoms with Crippen LogP contribution in [0.5, 0.6) is 5.75 Å². The highest BCUT2D eigenvalue weighted by Crippen LogP contribution is 2.38. The van der Waals surface area contributed by atoms with E-state index in [1.165, 1.54) is 12.1 Å². The van der Waals surface area contributed by atoms with Crippen molar-refractivity contribution in [1.29, 1.82) is 0 Å². The van der Waals surface area contributed by atoms with Crippen LogP contribution in [0.4, 0.5) is 4.39 Å². The topological polar surface area (TPSA) is 58.6 Å². The van der Waals surface area contributed by atoms with E-state index in [0.717, 1.165) is 23.1 Å². The molecule has 0 aromatic heterocycles. The molecule has 1 N–H and O–H groups in total. The van der Waals surface area contributed by atoms with E-state index in [1.807, 2.05) is 63.8 Å². The standard InChI is InChI=1S/C27H35FN2O3/c1-6-24(27(32)29-18(4)5)33-22-11-10-19-12-13-30(25(31)14-17(2)3)26(23(19)16-22)20-8-7-9-21(28)15-20/h7-11,15-18,24,26H,6,12-14H2,1-5H3,(H,29,32). The molecular formula is C27H35FN2O3. The van der Waals surface area contributed by atoms with Crippen molar-refractivity contribution in [2.45, 2.75) is 72.1 Å². The summed E-state index contributed by atoms with van der Waals surface area (Å²) in [5, 5.41) is 2.90. The molecule has 0 fully saturated rings. The first kappa shape index (κ1) is 24.7. The van der Waals surface area contributed by atoms with Crippen molar-refractivity contribution in [2.75, 3.05) is 6.54 Å². The average Bonchev–Trinajstić information content (AvgIpc) is 2.75. The minimum Gasteiger partial charge on any atom is -0.481 e. The van der Waals surface area contributed by atoms with Crippen molar-refractivity contribution < 1.29 is 18.7 Å². The van der Waals surface area contributed by atoms with Gasteiger partial charge in [-0.25, -0.2) is 4.39 Å². The normalized spacial score (nSPS) is 16.5. The molecular weight excluding hydrogens is 419 g/mol. The van der Waals surface area contributed by atoms with Gasteiger partial charge in [-0.3, -0.25) is 9.59 Å². The van der Waals surface area contributed by atoms with Gasteiger partial charge in [-0.2, -0.15) is 0 Å². The molecule has 178 valence electrons. The Labute approximate surface area is 196 Å². The quantitative estimate of drug-likeness (QED) is 0.609. The van der Waals surface area contributed by atoms with E-state index in [1.54, 1.807) is 6.07 Å². The highest BCUT2D eigenvalue weighted by molar-refractivity contribution is 5.81. The number of ether oxygens (including phenoxy) is 1. The van der Waals surface area contributed by atoms with Crippen LogP contribution >= 0.6 is 0 Å². The van der Waals surface area contributed by atoms with Crippen LogP contribution < -0.4 is 10.1 Å². The molecule has 5 nitrogen and oxygen atoms in total. The van der Waals surface area contributed by atoms with Crippen LogP contribution in [0.15, 0.2) is 42.5 Å². The number of fused-ring (bicyclic) bond motifs is 1. The van der Waals surface area contributed by atoms with Gasteiger partial charge in [0.25, 0.3) is 5.91 Å². The molecule has 2 atom stereocenters. The van der Waals surface area contributed by atoms with Crippen LogP contribution in [0.25, 0.3) is 0 Å². The molecule has 1 heterocycles. The fraction of sp³-hybridized carbons (Fsp3) is 0.481. The smallest absolute Gasteiger partial charge is 0.261 e.